The molecule has 0 atom stereocenters. The van der Waals surface area contributed by atoms with Crippen molar-refractivity contribution in [2.24, 2.45) is 0 Å². The lowest BCUT2D eigenvalue weighted by Crippen LogP contribution is -2.49. The van der Waals surface area contributed by atoms with Crippen LogP contribution in [0.2, 0.25) is 0 Å². The van der Waals surface area contributed by atoms with E-state index in [9.17, 15) is 18.4 Å². The van der Waals surface area contributed by atoms with Gasteiger partial charge in [0.05, 0.1) is 12.2 Å². The highest BCUT2D eigenvalue weighted by molar-refractivity contribution is 5.89. The second-order valence-corrected chi connectivity index (χ2v) is 6.74. The van der Waals surface area contributed by atoms with Gasteiger partial charge in [0.25, 0.3) is 0 Å². The van der Waals surface area contributed by atoms with Crippen LogP contribution in [0, 0.1) is 11.6 Å². The van der Waals surface area contributed by atoms with Crippen molar-refractivity contribution in [2.45, 2.75) is 19.8 Å². The minimum atomic E-state index is -0.898. The number of benzene rings is 1. The zero-order valence-electron chi connectivity index (χ0n) is 16.2. The van der Waals surface area contributed by atoms with E-state index in [0.29, 0.717) is 50.3 Å². The molecule has 6 nitrogen and oxygen atoms in total. The number of piperazine rings is 1. The van der Waals surface area contributed by atoms with Crippen molar-refractivity contribution in [2.75, 3.05) is 37.7 Å². The predicted octanol–water partition coefficient (Wildman–Crippen LogP) is 2.82. The second-order valence-electron chi connectivity index (χ2n) is 6.74. The van der Waals surface area contributed by atoms with Gasteiger partial charge in [0.2, 0.25) is 5.91 Å². The minimum Gasteiger partial charge on any atom is -0.462 e. The van der Waals surface area contributed by atoms with Crippen molar-refractivity contribution < 1.29 is 23.1 Å². The Morgan fingerprint density at radius 2 is 1.83 bits per heavy atom. The molecule has 1 aromatic heterocycles. The van der Waals surface area contributed by atoms with E-state index < -0.39 is 17.6 Å². The number of rotatable bonds is 6. The molecule has 8 heteroatoms. The van der Waals surface area contributed by atoms with Gasteiger partial charge in [-0.3, -0.25) is 4.79 Å². The van der Waals surface area contributed by atoms with Crippen molar-refractivity contribution in [3.8, 4) is 0 Å². The fourth-order valence-corrected chi connectivity index (χ4v) is 3.20. The number of nitrogens with zero attached hydrogens (tertiary/aromatic N) is 3. The van der Waals surface area contributed by atoms with Gasteiger partial charge in [-0.05, 0) is 43.2 Å². The smallest absolute Gasteiger partial charge is 0.339 e. The summed E-state index contributed by atoms with van der Waals surface area (Å²) in [6.45, 7) is 4.42. The summed E-state index contributed by atoms with van der Waals surface area (Å²) in [7, 11) is 0. The van der Waals surface area contributed by atoms with Gasteiger partial charge >= 0.3 is 5.97 Å². The molecule has 154 valence electrons. The van der Waals surface area contributed by atoms with Crippen LogP contribution in [-0.4, -0.2) is 54.5 Å². The number of hydrogen-bond acceptors (Lipinski definition) is 5. The van der Waals surface area contributed by atoms with Crippen LogP contribution in [0.5, 0.6) is 0 Å². The molecule has 0 unspecified atom stereocenters. The first-order chi connectivity index (χ1) is 14.0. The fourth-order valence-electron chi connectivity index (χ4n) is 3.20. The van der Waals surface area contributed by atoms with Gasteiger partial charge in [-0.2, -0.15) is 0 Å². The van der Waals surface area contributed by atoms with Gasteiger partial charge in [0, 0.05) is 38.8 Å². The van der Waals surface area contributed by atoms with Crippen molar-refractivity contribution in [3.63, 3.8) is 0 Å². The zero-order chi connectivity index (χ0) is 20.8. The average Bonchev–Trinajstić information content (AvgIpc) is 2.75. The van der Waals surface area contributed by atoms with E-state index in [2.05, 4.69) is 4.98 Å². The monoisotopic (exact) mass is 403 g/mol. The molecule has 0 radical (unpaired) electrons. The van der Waals surface area contributed by atoms with Gasteiger partial charge in [0.1, 0.15) is 5.82 Å². The van der Waals surface area contributed by atoms with E-state index in [1.165, 1.54) is 12.3 Å². The molecule has 29 heavy (non-hydrogen) atoms. The summed E-state index contributed by atoms with van der Waals surface area (Å²) in [6, 6.07) is 7.15. The Hall–Kier alpha value is -3.03. The van der Waals surface area contributed by atoms with Gasteiger partial charge < -0.3 is 14.5 Å². The minimum absolute atomic E-state index is 0.0139. The summed E-state index contributed by atoms with van der Waals surface area (Å²) in [6.07, 6.45) is 2.11. The first kappa shape index (κ1) is 20.7. The number of pyridine rings is 1. The highest BCUT2D eigenvalue weighted by Gasteiger charge is 2.22. The molecule has 0 saturated carbocycles. The SMILES string of the molecule is CCOC(=O)c1ccc(N2CCN(C(=O)CCc3ccc(F)c(F)c3)CC2)nc1. The normalized spacial score (nSPS) is 14.0. The molecule has 0 spiro atoms. The molecule has 0 N–H and O–H groups in total. The summed E-state index contributed by atoms with van der Waals surface area (Å²) in [5.41, 5.74) is 1.00. The maximum absolute atomic E-state index is 13.3. The van der Waals surface area contributed by atoms with Gasteiger partial charge in [-0.25, -0.2) is 18.6 Å². The Morgan fingerprint density at radius 1 is 1.07 bits per heavy atom. The Labute approximate surface area is 168 Å². The Kier molecular flexibility index (Phi) is 6.74. The number of aryl methyl sites for hydroxylation is 1. The standard InChI is InChI=1S/C21H23F2N3O3/c1-2-29-21(28)16-5-7-19(24-14-16)25-9-11-26(12-10-25)20(27)8-4-15-3-6-17(22)18(23)13-15/h3,5-7,13-14H,2,4,8-12H2,1H3. The molecular weight excluding hydrogens is 380 g/mol. The molecule has 1 aliphatic heterocycles. The molecular formula is C21H23F2N3O3. The van der Waals surface area contributed by atoms with Crippen LogP contribution in [0.4, 0.5) is 14.6 Å². The Bertz CT molecular complexity index is 866. The second kappa shape index (κ2) is 9.45. The number of ether oxygens (including phenoxy) is 1. The van der Waals surface area contributed by atoms with Crippen LogP contribution in [0.3, 0.4) is 0 Å². The summed E-state index contributed by atoms with van der Waals surface area (Å²) in [4.78, 5) is 32.2. The number of anilines is 1. The number of halogens is 2. The summed E-state index contributed by atoms with van der Waals surface area (Å²) < 4.78 is 31.2. The van der Waals surface area contributed by atoms with Crippen molar-refractivity contribution in [1.82, 2.24) is 9.88 Å². The Morgan fingerprint density at radius 3 is 2.45 bits per heavy atom. The number of amides is 1. The molecule has 1 saturated heterocycles. The van der Waals surface area contributed by atoms with Crippen LogP contribution in [0.25, 0.3) is 0 Å². The highest BCUT2D eigenvalue weighted by Crippen LogP contribution is 2.16. The molecule has 3 rings (SSSR count). The number of carbonyl (C=O) groups is 2. The molecule has 1 aliphatic rings. The van der Waals surface area contributed by atoms with E-state index in [0.717, 1.165) is 18.0 Å². The van der Waals surface area contributed by atoms with Crippen molar-refractivity contribution >= 4 is 17.7 Å². The van der Waals surface area contributed by atoms with Crippen LogP contribution in [-0.2, 0) is 16.0 Å². The van der Waals surface area contributed by atoms with E-state index >= 15 is 0 Å². The van der Waals surface area contributed by atoms with Crippen molar-refractivity contribution in [3.05, 3.63) is 59.3 Å². The van der Waals surface area contributed by atoms with Gasteiger partial charge in [-0.15, -0.1) is 0 Å². The molecule has 2 aromatic rings. The molecule has 2 heterocycles. The van der Waals surface area contributed by atoms with E-state index in [4.69, 9.17) is 4.74 Å². The lowest BCUT2D eigenvalue weighted by atomic mass is 10.1. The van der Waals surface area contributed by atoms with E-state index in [-0.39, 0.29) is 12.3 Å². The van der Waals surface area contributed by atoms with Gasteiger partial charge in [-0.1, -0.05) is 6.07 Å². The number of esters is 1. The van der Waals surface area contributed by atoms with Crippen LogP contribution in [0.1, 0.15) is 29.3 Å². The van der Waals surface area contributed by atoms with E-state index in [1.54, 1.807) is 24.0 Å². The largest absolute Gasteiger partial charge is 0.462 e. The van der Waals surface area contributed by atoms with Crippen molar-refractivity contribution in [1.29, 1.82) is 0 Å². The lowest BCUT2D eigenvalue weighted by Gasteiger charge is -2.35. The Balaban J connectivity index is 1.48. The van der Waals surface area contributed by atoms with E-state index in [1.807, 2.05) is 4.90 Å². The summed E-state index contributed by atoms with van der Waals surface area (Å²) >= 11 is 0. The molecule has 1 fully saturated rings. The number of aromatic nitrogens is 1. The summed E-state index contributed by atoms with van der Waals surface area (Å²) in [5.74, 6) is -1.46. The van der Waals surface area contributed by atoms with Crippen LogP contribution >= 0.6 is 0 Å². The maximum atomic E-state index is 13.3. The molecule has 1 amide bonds. The molecule has 0 aliphatic carbocycles. The first-order valence-electron chi connectivity index (χ1n) is 9.57. The topological polar surface area (TPSA) is 62.7 Å². The van der Waals surface area contributed by atoms with Crippen LogP contribution < -0.4 is 4.90 Å². The quantitative estimate of drug-likeness (QED) is 0.694. The predicted molar refractivity (Wildman–Crippen MR) is 104 cm³/mol. The third-order valence-electron chi connectivity index (χ3n) is 4.83. The molecule has 0 bridgehead atoms. The first-order valence-corrected chi connectivity index (χ1v) is 9.57. The number of carbonyl (C=O) groups excluding carboxylic acids is 2. The highest BCUT2D eigenvalue weighted by atomic mass is 19.2. The molecule has 1 aromatic carbocycles. The average molecular weight is 403 g/mol. The number of hydrogen-bond donors (Lipinski definition) is 0. The van der Waals surface area contributed by atoms with Crippen LogP contribution in [0.15, 0.2) is 36.5 Å². The summed E-state index contributed by atoms with van der Waals surface area (Å²) in [5, 5.41) is 0. The maximum Gasteiger partial charge on any atom is 0.339 e. The fraction of sp³-hybridized carbons (Fsp3) is 0.381. The van der Waals surface area contributed by atoms with Gasteiger partial charge in [0.15, 0.2) is 11.6 Å². The lowest BCUT2D eigenvalue weighted by molar-refractivity contribution is -0.131. The third-order valence-corrected chi connectivity index (χ3v) is 4.83. The third kappa shape index (κ3) is 5.28. The zero-order valence-corrected chi connectivity index (χ0v) is 16.2.